The standard InChI is InChI=1S/C14H24N4O2/c1-11(2)20-13-7-5-12(6-8-13)17-14(18-15)16-9-4-10-19-3/h5-8,11H,4,9-10,15H2,1-3H3,(H2,16,17,18). The van der Waals surface area contributed by atoms with Crippen LogP contribution in [0.5, 0.6) is 5.75 Å². The molecule has 0 heterocycles. The van der Waals surface area contributed by atoms with Crippen LogP contribution in [0.15, 0.2) is 29.3 Å². The van der Waals surface area contributed by atoms with Gasteiger partial charge in [0.05, 0.1) is 6.10 Å². The number of methoxy groups -OCH3 is 1. The fourth-order valence-corrected chi connectivity index (χ4v) is 1.55. The molecule has 4 N–H and O–H groups in total. The Morgan fingerprint density at radius 3 is 2.55 bits per heavy atom. The third-order valence-corrected chi connectivity index (χ3v) is 2.40. The molecule has 0 radical (unpaired) electrons. The zero-order chi connectivity index (χ0) is 14.8. The van der Waals surface area contributed by atoms with Crippen LogP contribution in [0, 0.1) is 0 Å². The molecule has 6 nitrogen and oxygen atoms in total. The Balaban J connectivity index is 2.52. The molecular weight excluding hydrogens is 256 g/mol. The topological polar surface area (TPSA) is 80.9 Å². The van der Waals surface area contributed by atoms with E-state index in [4.69, 9.17) is 15.3 Å². The SMILES string of the molecule is COCCCN=C(NN)Nc1ccc(OC(C)C)cc1. The lowest BCUT2D eigenvalue weighted by molar-refractivity contribution is 0.197. The highest BCUT2D eigenvalue weighted by molar-refractivity contribution is 5.93. The Morgan fingerprint density at radius 2 is 2.00 bits per heavy atom. The molecule has 20 heavy (non-hydrogen) atoms. The summed E-state index contributed by atoms with van der Waals surface area (Å²) >= 11 is 0. The fraction of sp³-hybridized carbons (Fsp3) is 0.500. The van der Waals surface area contributed by atoms with Crippen molar-refractivity contribution in [2.24, 2.45) is 10.8 Å². The average Bonchev–Trinajstić information content (AvgIpc) is 2.43. The minimum atomic E-state index is 0.164. The van der Waals surface area contributed by atoms with Crippen molar-refractivity contribution < 1.29 is 9.47 Å². The molecule has 0 aromatic heterocycles. The van der Waals surface area contributed by atoms with E-state index >= 15 is 0 Å². The molecule has 0 bridgehead atoms. The van der Waals surface area contributed by atoms with Crippen LogP contribution in [0.3, 0.4) is 0 Å². The van der Waals surface area contributed by atoms with Crippen molar-refractivity contribution in [1.82, 2.24) is 5.43 Å². The molecule has 6 heteroatoms. The third-order valence-electron chi connectivity index (χ3n) is 2.40. The first-order valence-electron chi connectivity index (χ1n) is 6.69. The van der Waals surface area contributed by atoms with Gasteiger partial charge < -0.3 is 14.8 Å². The number of nitrogens with two attached hydrogens (primary N) is 1. The number of rotatable bonds is 7. The van der Waals surface area contributed by atoms with E-state index in [1.807, 2.05) is 38.1 Å². The predicted molar refractivity (Wildman–Crippen MR) is 81.9 cm³/mol. The van der Waals surface area contributed by atoms with E-state index in [0.29, 0.717) is 19.1 Å². The molecule has 0 fully saturated rings. The van der Waals surface area contributed by atoms with Gasteiger partial charge in [0.25, 0.3) is 0 Å². The predicted octanol–water partition coefficient (Wildman–Crippen LogP) is 1.74. The number of benzene rings is 1. The van der Waals surface area contributed by atoms with E-state index in [9.17, 15) is 0 Å². The smallest absolute Gasteiger partial charge is 0.210 e. The Labute approximate surface area is 120 Å². The first-order chi connectivity index (χ1) is 9.65. The molecule has 0 spiro atoms. The van der Waals surface area contributed by atoms with Gasteiger partial charge in [-0.2, -0.15) is 0 Å². The highest BCUT2D eigenvalue weighted by Crippen LogP contribution is 2.16. The zero-order valence-corrected chi connectivity index (χ0v) is 12.3. The van der Waals surface area contributed by atoms with Crippen LogP contribution in [0.1, 0.15) is 20.3 Å². The number of anilines is 1. The lowest BCUT2D eigenvalue weighted by Gasteiger charge is -2.12. The molecule has 0 saturated carbocycles. The summed E-state index contributed by atoms with van der Waals surface area (Å²) in [5.41, 5.74) is 3.43. The van der Waals surface area contributed by atoms with Crippen LogP contribution in [-0.2, 0) is 4.74 Å². The van der Waals surface area contributed by atoms with Gasteiger partial charge >= 0.3 is 0 Å². The van der Waals surface area contributed by atoms with Gasteiger partial charge in [0.15, 0.2) is 0 Å². The molecule has 0 atom stereocenters. The third kappa shape index (κ3) is 6.40. The quantitative estimate of drug-likeness (QED) is 0.233. The summed E-state index contributed by atoms with van der Waals surface area (Å²) in [5.74, 6) is 6.80. The second kappa shape index (κ2) is 9.17. The van der Waals surface area contributed by atoms with Crippen molar-refractivity contribution in [3.63, 3.8) is 0 Å². The normalized spacial score (nSPS) is 11.6. The van der Waals surface area contributed by atoms with E-state index < -0.39 is 0 Å². The van der Waals surface area contributed by atoms with Gasteiger partial charge in [0.2, 0.25) is 5.96 Å². The molecule has 1 aromatic rings. The first kappa shape index (κ1) is 16.3. The summed E-state index contributed by atoms with van der Waals surface area (Å²) in [7, 11) is 1.67. The Kier molecular flexibility index (Phi) is 7.46. The average molecular weight is 280 g/mol. The van der Waals surface area contributed by atoms with E-state index in [-0.39, 0.29) is 6.10 Å². The van der Waals surface area contributed by atoms with Gasteiger partial charge in [0, 0.05) is 25.9 Å². The summed E-state index contributed by atoms with van der Waals surface area (Å²) in [6, 6.07) is 7.64. The van der Waals surface area contributed by atoms with Gasteiger partial charge in [-0.15, -0.1) is 0 Å². The Morgan fingerprint density at radius 1 is 1.30 bits per heavy atom. The molecule has 112 valence electrons. The van der Waals surface area contributed by atoms with Crippen molar-refractivity contribution in [2.45, 2.75) is 26.4 Å². The van der Waals surface area contributed by atoms with Crippen LogP contribution >= 0.6 is 0 Å². The largest absolute Gasteiger partial charge is 0.491 e. The van der Waals surface area contributed by atoms with E-state index in [1.165, 1.54) is 0 Å². The number of aliphatic imine (C=N–C) groups is 1. The number of guanidine groups is 1. The lowest BCUT2D eigenvalue weighted by atomic mass is 10.3. The minimum Gasteiger partial charge on any atom is -0.491 e. The molecule has 1 aromatic carbocycles. The van der Waals surface area contributed by atoms with Gasteiger partial charge in [-0.25, -0.2) is 5.84 Å². The fourth-order valence-electron chi connectivity index (χ4n) is 1.55. The van der Waals surface area contributed by atoms with Gasteiger partial charge in [-0.3, -0.25) is 10.4 Å². The van der Waals surface area contributed by atoms with Crippen molar-refractivity contribution in [3.8, 4) is 5.75 Å². The van der Waals surface area contributed by atoms with Crippen molar-refractivity contribution in [1.29, 1.82) is 0 Å². The maximum absolute atomic E-state index is 5.58. The molecule has 1 rings (SSSR count). The van der Waals surface area contributed by atoms with Gasteiger partial charge in [0.1, 0.15) is 5.75 Å². The second-order valence-corrected chi connectivity index (χ2v) is 4.54. The van der Waals surface area contributed by atoms with Gasteiger partial charge in [-0.05, 0) is 44.5 Å². The number of ether oxygens (including phenoxy) is 2. The molecule has 0 saturated heterocycles. The number of hydrogen-bond acceptors (Lipinski definition) is 4. The van der Waals surface area contributed by atoms with E-state index in [0.717, 1.165) is 17.9 Å². The van der Waals surface area contributed by atoms with E-state index in [2.05, 4.69) is 15.7 Å². The molecule has 0 aliphatic carbocycles. The Bertz CT molecular complexity index is 404. The first-order valence-corrected chi connectivity index (χ1v) is 6.69. The zero-order valence-electron chi connectivity index (χ0n) is 12.3. The molecule has 0 unspecified atom stereocenters. The minimum absolute atomic E-state index is 0.164. The summed E-state index contributed by atoms with van der Waals surface area (Å²) in [4.78, 5) is 4.30. The highest BCUT2D eigenvalue weighted by atomic mass is 16.5. The second-order valence-electron chi connectivity index (χ2n) is 4.54. The van der Waals surface area contributed by atoms with E-state index in [1.54, 1.807) is 7.11 Å². The number of nitrogens with zero attached hydrogens (tertiary/aromatic N) is 1. The molecular formula is C14H24N4O2. The van der Waals surface area contributed by atoms with Crippen LogP contribution in [0.25, 0.3) is 0 Å². The maximum Gasteiger partial charge on any atom is 0.210 e. The van der Waals surface area contributed by atoms with Gasteiger partial charge in [-0.1, -0.05) is 0 Å². The maximum atomic E-state index is 5.58. The Hall–Kier alpha value is -1.79. The lowest BCUT2D eigenvalue weighted by Crippen LogP contribution is -2.36. The molecule has 0 aliphatic rings. The molecule has 0 amide bonds. The number of nitrogens with one attached hydrogen (secondary N) is 2. The van der Waals surface area contributed by atoms with Crippen LogP contribution < -0.4 is 21.3 Å². The van der Waals surface area contributed by atoms with Crippen molar-refractivity contribution in [3.05, 3.63) is 24.3 Å². The van der Waals surface area contributed by atoms with Crippen LogP contribution in [0.2, 0.25) is 0 Å². The molecule has 0 aliphatic heterocycles. The monoisotopic (exact) mass is 280 g/mol. The van der Waals surface area contributed by atoms with Crippen LogP contribution in [0.4, 0.5) is 5.69 Å². The summed E-state index contributed by atoms with van der Waals surface area (Å²) in [5, 5.41) is 3.10. The summed E-state index contributed by atoms with van der Waals surface area (Å²) in [6.07, 6.45) is 1.02. The van der Waals surface area contributed by atoms with Crippen molar-refractivity contribution in [2.75, 3.05) is 25.6 Å². The summed E-state index contributed by atoms with van der Waals surface area (Å²) < 4.78 is 10.5. The van der Waals surface area contributed by atoms with Crippen molar-refractivity contribution >= 4 is 11.6 Å². The number of hydrogen-bond donors (Lipinski definition) is 3. The number of hydrazine groups is 1. The summed E-state index contributed by atoms with van der Waals surface area (Å²) in [6.45, 7) is 5.32. The van der Waals surface area contributed by atoms with Crippen LogP contribution in [-0.4, -0.2) is 32.3 Å². The highest BCUT2D eigenvalue weighted by Gasteiger charge is 2.00.